The summed E-state index contributed by atoms with van der Waals surface area (Å²) in [7, 11) is 0. The first-order valence-corrected chi connectivity index (χ1v) is 9.86. The zero-order valence-electron chi connectivity index (χ0n) is 13.9. The summed E-state index contributed by atoms with van der Waals surface area (Å²) >= 11 is 24.1. The number of halogens is 4. The summed E-state index contributed by atoms with van der Waals surface area (Å²) in [6.45, 7) is 2.33. The Kier molecular flexibility index (Phi) is 6.70. The number of benzene rings is 2. The molecule has 2 aromatic carbocycles. The molecule has 0 unspecified atom stereocenters. The first-order chi connectivity index (χ1) is 12.4. The fourth-order valence-corrected chi connectivity index (χ4v) is 3.89. The number of piperidine rings is 1. The Morgan fingerprint density at radius 3 is 2.58 bits per heavy atom. The van der Waals surface area contributed by atoms with Gasteiger partial charge in [0.15, 0.2) is 0 Å². The van der Waals surface area contributed by atoms with E-state index < -0.39 is 0 Å². The molecule has 2 aromatic rings. The second-order valence-electron chi connectivity index (χ2n) is 6.43. The molecule has 1 fully saturated rings. The molecule has 0 spiro atoms. The molecule has 0 radical (unpaired) electrons. The minimum atomic E-state index is -0.0794. The molecule has 3 nitrogen and oxygen atoms in total. The lowest BCUT2D eigenvalue weighted by atomic mass is 9.96. The number of rotatable bonds is 4. The minimum absolute atomic E-state index is 0.00436. The van der Waals surface area contributed by atoms with Crippen molar-refractivity contribution in [2.75, 3.05) is 18.4 Å². The molecule has 1 aliphatic rings. The molecule has 1 heterocycles. The summed E-state index contributed by atoms with van der Waals surface area (Å²) in [4.78, 5) is 14.9. The predicted molar refractivity (Wildman–Crippen MR) is 110 cm³/mol. The van der Waals surface area contributed by atoms with Crippen LogP contribution in [-0.4, -0.2) is 23.9 Å². The molecule has 1 aliphatic heterocycles. The predicted octanol–water partition coefficient (Wildman–Crippen LogP) is 6.15. The van der Waals surface area contributed by atoms with Crippen LogP contribution in [0.15, 0.2) is 36.4 Å². The largest absolute Gasteiger partial charge is 0.326 e. The van der Waals surface area contributed by atoms with Gasteiger partial charge in [-0.05, 0) is 55.3 Å². The number of nitrogens with one attached hydrogen (secondary N) is 1. The first-order valence-electron chi connectivity index (χ1n) is 8.34. The van der Waals surface area contributed by atoms with Crippen molar-refractivity contribution in [1.29, 1.82) is 0 Å². The highest BCUT2D eigenvalue weighted by Gasteiger charge is 2.26. The van der Waals surface area contributed by atoms with Gasteiger partial charge in [0.1, 0.15) is 0 Å². The molecule has 1 N–H and O–H groups in total. The standard InChI is InChI=1S/C19H18Cl4N2O/c20-14-4-3-12(17(22)8-14)10-25-7-1-2-13(11-25)19(26)24-15-5-6-16(21)18(23)9-15/h3-6,8-9,13H,1-2,7,10-11H2,(H,24,26)/t13-/m1/s1. The van der Waals surface area contributed by atoms with Crippen LogP contribution < -0.4 is 5.32 Å². The summed E-state index contributed by atoms with van der Waals surface area (Å²) in [6, 6.07) is 10.6. The van der Waals surface area contributed by atoms with E-state index >= 15 is 0 Å². The van der Waals surface area contributed by atoms with E-state index in [2.05, 4.69) is 10.2 Å². The van der Waals surface area contributed by atoms with Gasteiger partial charge in [0.25, 0.3) is 0 Å². The van der Waals surface area contributed by atoms with Crippen LogP contribution in [0, 0.1) is 5.92 Å². The van der Waals surface area contributed by atoms with Crippen LogP contribution in [0.1, 0.15) is 18.4 Å². The number of carbonyl (C=O) groups excluding carboxylic acids is 1. The quantitative estimate of drug-likeness (QED) is 0.629. The lowest BCUT2D eigenvalue weighted by Crippen LogP contribution is -2.40. The van der Waals surface area contributed by atoms with Crippen LogP contribution in [0.2, 0.25) is 20.1 Å². The molecule has 0 bridgehead atoms. The van der Waals surface area contributed by atoms with Crippen molar-refractivity contribution in [2.45, 2.75) is 19.4 Å². The smallest absolute Gasteiger partial charge is 0.228 e. The number of carbonyl (C=O) groups is 1. The molecule has 0 aliphatic carbocycles. The van der Waals surface area contributed by atoms with Crippen LogP contribution in [-0.2, 0) is 11.3 Å². The number of likely N-dealkylation sites (tertiary alicyclic amines) is 1. The fourth-order valence-electron chi connectivity index (χ4n) is 3.12. The zero-order valence-corrected chi connectivity index (χ0v) is 17.0. The molecule has 1 amide bonds. The second kappa shape index (κ2) is 8.81. The molecule has 138 valence electrons. The van der Waals surface area contributed by atoms with Crippen molar-refractivity contribution in [2.24, 2.45) is 5.92 Å². The van der Waals surface area contributed by atoms with E-state index in [-0.39, 0.29) is 11.8 Å². The molecule has 1 atom stereocenters. The van der Waals surface area contributed by atoms with Gasteiger partial charge >= 0.3 is 0 Å². The summed E-state index contributed by atoms with van der Waals surface area (Å²) in [5.74, 6) is -0.0837. The van der Waals surface area contributed by atoms with Crippen molar-refractivity contribution in [1.82, 2.24) is 4.90 Å². The Hall–Kier alpha value is -0.970. The van der Waals surface area contributed by atoms with Crippen LogP contribution >= 0.6 is 46.4 Å². The van der Waals surface area contributed by atoms with Crippen LogP contribution in [0.5, 0.6) is 0 Å². The Balaban J connectivity index is 1.62. The topological polar surface area (TPSA) is 32.3 Å². The maximum Gasteiger partial charge on any atom is 0.228 e. The van der Waals surface area contributed by atoms with Crippen molar-refractivity contribution < 1.29 is 4.79 Å². The Morgan fingerprint density at radius 1 is 1.04 bits per heavy atom. The fraction of sp³-hybridized carbons (Fsp3) is 0.316. The third-order valence-corrected chi connectivity index (χ3v) is 5.80. The maximum absolute atomic E-state index is 12.6. The van der Waals surface area contributed by atoms with Gasteiger partial charge in [0, 0.05) is 28.8 Å². The van der Waals surface area contributed by atoms with Crippen LogP contribution in [0.4, 0.5) is 5.69 Å². The highest BCUT2D eigenvalue weighted by molar-refractivity contribution is 6.42. The lowest BCUT2D eigenvalue weighted by molar-refractivity contribution is -0.121. The molecular weight excluding hydrogens is 414 g/mol. The van der Waals surface area contributed by atoms with Crippen molar-refractivity contribution in [3.05, 3.63) is 62.1 Å². The van der Waals surface area contributed by atoms with Gasteiger partial charge in [-0.15, -0.1) is 0 Å². The highest BCUT2D eigenvalue weighted by Crippen LogP contribution is 2.27. The molecule has 26 heavy (non-hydrogen) atoms. The van der Waals surface area contributed by atoms with Gasteiger partial charge in [0.2, 0.25) is 5.91 Å². The van der Waals surface area contributed by atoms with E-state index in [1.807, 2.05) is 12.1 Å². The SMILES string of the molecule is O=C(Nc1ccc(Cl)c(Cl)c1)[C@@H]1CCCN(Cc2ccc(Cl)cc2Cl)C1. The monoisotopic (exact) mass is 430 g/mol. The molecule has 7 heteroatoms. The van der Waals surface area contributed by atoms with E-state index in [9.17, 15) is 4.79 Å². The summed E-state index contributed by atoms with van der Waals surface area (Å²) in [5.41, 5.74) is 1.67. The highest BCUT2D eigenvalue weighted by atomic mass is 35.5. The minimum Gasteiger partial charge on any atom is -0.326 e. The zero-order chi connectivity index (χ0) is 18.7. The molecular formula is C19H18Cl4N2O. The Bertz CT molecular complexity index is 812. The first kappa shape index (κ1) is 19.8. The van der Waals surface area contributed by atoms with E-state index in [4.69, 9.17) is 46.4 Å². The molecule has 0 aromatic heterocycles. The second-order valence-corrected chi connectivity index (χ2v) is 8.09. The maximum atomic E-state index is 12.6. The molecule has 0 saturated carbocycles. The number of amides is 1. The molecule has 3 rings (SSSR count). The summed E-state index contributed by atoms with van der Waals surface area (Å²) in [5, 5.41) is 5.09. The third-order valence-electron chi connectivity index (χ3n) is 4.47. The Morgan fingerprint density at radius 2 is 1.85 bits per heavy atom. The van der Waals surface area contributed by atoms with E-state index in [0.717, 1.165) is 24.9 Å². The van der Waals surface area contributed by atoms with E-state index in [1.54, 1.807) is 24.3 Å². The number of hydrogen-bond acceptors (Lipinski definition) is 2. The average molecular weight is 432 g/mol. The summed E-state index contributed by atoms with van der Waals surface area (Å²) in [6.07, 6.45) is 1.82. The van der Waals surface area contributed by atoms with Crippen LogP contribution in [0.25, 0.3) is 0 Å². The van der Waals surface area contributed by atoms with Gasteiger partial charge in [-0.2, -0.15) is 0 Å². The number of nitrogens with zero attached hydrogens (tertiary/aromatic N) is 1. The van der Waals surface area contributed by atoms with Gasteiger partial charge in [-0.3, -0.25) is 9.69 Å². The number of anilines is 1. The van der Waals surface area contributed by atoms with Crippen molar-refractivity contribution in [3.63, 3.8) is 0 Å². The average Bonchev–Trinajstić information content (AvgIpc) is 2.61. The van der Waals surface area contributed by atoms with Gasteiger partial charge < -0.3 is 5.32 Å². The van der Waals surface area contributed by atoms with Crippen molar-refractivity contribution >= 4 is 58.0 Å². The van der Waals surface area contributed by atoms with Gasteiger partial charge in [0.05, 0.1) is 16.0 Å². The Labute approximate surface area is 173 Å². The number of hydrogen-bond donors (Lipinski definition) is 1. The normalized spacial score (nSPS) is 17.9. The van der Waals surface area contributed by atoms with Crippen LogP contribution in [0.3, 0.4) is 0 Å². The van der Waals surface area contributed by atoms with Gasteiger partial charge in [-0.1, -0.05) is 52.5 Å². The van der Waals surface area contributed by atoms with E-state index in [0.29, 0.717) is 38.9 Å². The van der Waals surface area contributed by atoms with Gasteiger partial charge in [-0.25, -0.2) is 0 Å². The third kappa shape index (κ3) is 5.05. The van der Waals surface area contributed by atoms with E-state index in [1.165, 1.54) is 0 Å². The van der Waals surface area contributed by atoms with Crippen molar-refractivity contribution in [3.8, 4) is 0 Å². The summed E-state index contributed by atoms with van der Waals surface area (Å²) < 4.78 is 0. The lowest BCUT2D eigenvalue weighted by Gasteiger charge is -2.32. The molecule has 1 saturated heterocycles.